The van der Waals surface area contributed by atoms with Crippen LogP contribution in [0.2, 0.25) is 0 Å². The van der Waals surface area contributed by atoms with E-state index in [4.69, 9.17) is 22.9 Å². The van der Waals surface area contributed by atoms with Crippen molar-refractivity contribution in [1.29, 1.82) is 0 Å². The fourth-order valence-corrected chi connectivity index (χ4v) is 4.88. The molecule has 4 nitrogen and oxygen atoms in total. The predicted octanol–water partition coefficient (Wildman–Crippen LogP) is 1.85. The Morgan fingerprint density at radius 2 is 1.10 bits per heavy atom. The van der Waals surface area contributed by atoms with E-state index in [2.05, 4.69) is 27.7 Å². The Hall–Kier alpha value is -0.160. The van der Waals surface area contributed by atoms with Crippen LogP contribution in [0, 0.1) is 10.8 Å². The van der Waals surface area contributed by atoms with Gasteiger partial charge in [-0.2, -0.15) is 0 Å². The maximum Gasteiger partial charge on any atom is 0.0333 e. The van der Waals surface area contributed by atoms with Crippen molar-refractivity contribution in [2.45, 2.75) is 95.8 Å². The molecule has 4 heteroatoms. The highest BCUT2D eigenvalue weighted by Crippen LogP contribution is 2.55. The molecule has 124 valence electrons. The van der Waals surface area contributed by atoms with E-state index in [9.17, 15) is 0 Å². The molecule has 8 N–H and O–H groups in total. The van der Waals surface area contributed by atoms with Crippen molar-refractivity contribution in [2.75, 3.05) is 0 Å². The van der Waals surface area contributed by atoms with Gasteiger partial charge < -0.3 is 22.9 Å². The minimum absolute atomic E-state index is 0.0249. The molecule has 21 heavy (non-hydrogen) atoms. The highest BCUT2D eigenvalue weighted by Gasteiger charge is 2.56. The van der Waals surface area contributed by atoms with Crippen molar-refractivity contribution in [1.82, 2.24) is 0 Å². The summed E-state index contributed by atoms with van der Waals surface area (Å²) in [6, 6.07) is 0.141. The molecule has 0 radical (unpaired) electrons. The molecule has 0 aliphatic heterocycles. The molecule has 0 bridgehead atoms. The third kappa shape index (κ3) is 2.54. The molecular weight excluding hydrogens is 260 g/mol. The van der Waals surface area contributed by atoms with Gasteiger partial charge in [0.05, 0.1) is 0 Å². The zero-order valence-corrected chi connectivity index (χ0v) is 14.4. The van der Waals surface area contributed by atoms with Crippen LogP contribution in [-0.2, 0) is 0 Å². The van der Waals surface area contributed by atoms with E-state index in [1.807, 2.05) is 0 Å². The lowest BCUT2D eigenvalue weighted by molar-refractivity contribution is -0.0294. The molecule has 6 unspecified atom stereocenters. The van der Waals surface area contributed by atoms with Crippen LogP contribution in [0.25, 0.3) is 0 Å². The maximum absolute atomic E-state index is 6.70. The summed E-state index contributed by atoms with van der Waals surface area (Å²) in [6.45, 7) is 8.90. The van der Waals surface area contributed by atoms with Crippen molar-refractivity contribution in [3.63, 3.8) is 0 Å². The van der Waals surface area contributed by atoms with E-state index >= 15 is 0 Å². The Morgan fingerprint density at radius 3 is 1.43 bits per heavy atom. The second-order valence-corrected chi connectivity index (χ2v) is 8.86. The Kier molecular flexibility index (Phi) is 4.25. The van der Waals surface area contributed by atoms with Crippen molar-refractivity contribution in [3.8, 4) is 0 Å². The SMILES string of the molecule is CC1(CC2(C)CCCC(N)C2(C)N)CCCC(N)C1(C)N. The van der Waals surface area contributed by atoms with E-state index in [1.54, 1.807) is 0 Å². The van der Waals surface area contributed by atoms with Gasteiger partial charge in [0.25, 0.3) is 0 Å². The molecule has 0 saturated heterocycles. The molecule has 2 fully saturated rings. The third-order valence-corrected chi connectivity index (χ3v) is 7.41. The van der Waals surface area contributed by atoms with Gasteiger partial charge in [-0.15, -0.1) is 0 Å². The fraction of sp³-hybridized carbons (Fsp3) is 1.00. The highest BCUT2D eigenvalue weighted by molar-refractivity contribution is 5.13. The summed E-state index contributed by atoms with van der Waals surface area (Å²) in [5.74, 6) is 0. The molecule has 0 aromatic heterocycles. The highest BCUT2D eigenvalue weighted by atomic mass is 14.9. The summed E-state index contributed by atoms with van der Waals surface area (Å²) < 4.78 is 0. The van der Waals surface area contributed by atoms with Crippen LogP contribution in [0.5, 0.6) is 0 Å². The van der Waals surface area contributed by atoms with Gasteiger partial charge in [-0.3, -0.25) is 0 Å². The summed E-state index contributed by atoms with van der Waals surface area (Å²) >= 11 is 0. The quantitative estimate of drug-likeness (QED) is 0.624. The second kappa shape index (κ2) is 5.19. The summed E-state index contributed by atoms with van der Waals surface area (Å²) in [5, 5.41) is 0. The summed E-state index contributed by atoms with van der Waals surface area (Å²) in [7, 11) is 0. The van der Waals surface area contributed by atoms with E-state index in [1.165, 1.54) is 0 Å². The number of hydrogen-bond donors (Lipinski definition) is 4. The lowest BCUT2D eigenvalue weighted by Crippen LogP contribution is -2.70. The average Bonchev–Trinajstić information content (AvgIpc) is 2.34. The fourth-order valence-electron chi connectivity index (χ4n) is 4.88. The van der Waals surface area contributed by atoms with Gasteiger partial charge in [0, 0.05) is 23.2 Å². The van der Waals surface area contributed by atoms with Crippen molar-refractivity contribution >= 4 is 0 Å². The lowest BCUT2D eigenvalue weighted by atomic mass is 9.50. The summed E-state index contributed by atoms with van der Waals surface area (Å²) in [4.78, 5) is 0. The van der Waals surface area contributed by atoms with Crippen LogP contribution in [0.3, 0.4) is 0 Å². The van der Waals surface area contributed by atoms with E-state index in [0.29, 0.717) is 0 Å². The molecule has 0 heterocycles. The average molecular weight is 297 g/mol. The van der Waals surface area contributed by atoms with Gasteiger partial charge in [-0.1, -0.05) is 26.7 Å². The number of rotatable bonds is 2. The Morgan fingerprint density at radius 1 is 0.762 bits per heavy atom. The first-order valence-electron chi connectivity index (χ1n) is 8.55. The molecular formula is C17H36N4. The monoisotopic (exact) mass is 296 g/mol. The van der Waals surface area contributed by atoms with Crippen molar-refractivity contribution < 1.29 is 0 Å². The lowest BCUT2D eigenvalue weighted by Gasteiger charge is -2.59. The molecule has 0 spiro atoms. The zero-order valence-electron chi connectivity index (χ0n) is 14.4. The van der Waals surface area contributed by atoms with Crippen LogP contribution >= 0.6 is 0 Å². The minimum Gasteiger partial charge on any atom is -0.326 e. The maximum atomic E-state index is 6.70. The Labute approximate surface area is 130 Å². The number of nitrogens with two attached hydrogens (primary N) is 4. The van der Waals surface area contributed by atoms with Crippen LogP contribution in [0.15, 0.2) is 0 Å². The molecule has 0 amide bonds. The molecule has 2 saturated carbocycles. The molecule has 0 aromatic rings. The van der Waals surface area contributed by atoms with Gasteiger partial charge in [0.1, 0.15) is 0 Å². The predicted molar refractivity (Wildman–Crippen MR) is 89.7 cm³/mol. The third-order valence-electron chi connectivity index (χ3n) is 7.41. The second-order valence-electron chi connectivity index (χ2n) is 8.86. The molecule has 2 rings (SSSR count). The first kappa shape index (κ1) is 17.2. The normalized spacial score (nSPS) is 55.4. The minimum atomic E-state index is -0.341. The van der Waals surface area contributed by atoms with Gasteiger partial charge in [0.2, 0.25) is 0 Å². The van der Waals surface area contributed by atoms with Gasteiger partial charge >= 0.3 is 0 Å². The zero-order chi connectivity index (χ0) is 16.1. The van der Waals surface area contributed by atoms with Gasteiger partial charge in [-0.25, -0.2) is 0 Å². The van der Waals surface area contributed by atoms with Crippen LogP contribution in [0.4, 0.5) is 0 Å². The van der Waals surface area contributed by atoms with Gasteiger partial charge in [0.15, 0.2) is 0 Å². The largest absolute Gasteiger partial charge is 0.326 e. The molecule has 2 aliphatic rings. The van der Waals surface area contributed by atoms with Crippen LogP contribution in [-0.4, -0.2) is 23.2 Å². The van der Waals surface area contributed by atoms with E-state index in [-0.39, 0.29) is 34.0 Å². The first-order valence-corrected chi connectivity index (χ1v) is 8.55. The smallest absolute Gasteiger partial charge is 0.0333 e. The summed E-state index contributed by atoms with van der Waals surface area (Å²) in [5.41, 5.74) is 25.5. The number of hydrogen-bond acceptors (Lipinski definition) is 4. The molecule has 2 aliphatic carbocycles. The molecule has 0 aromatic carbocycles. The van der Waals surface area contributed by atoms with E-state index in [0.717, 1.165) is 44.9 Å². The Bertz CT molecular complexity index is 356. The van der Waals surface area contributed by atoms with Gasteiger partial charge in [-0.05, 0) is 56.8 Å². The Balaban J connectivity index is 2.30. The molecule has 6 atom stereocenters. The van der Waals surface area contributed by atoms with Crippen LogP contribution in [0.1, 0.15) is 72.6 Å². The van der Waals surface area contributed by atoms with E-state index < -0.39 is 0 Å². The topological polar surface area (TPSA) is 104 Å². The summed E-state index contributed by atoms with van der Waals surface area (Å²) in [6.07, 6.45) is 7.66. The first-order chi connectivity index (χ1) is 9.46. The van der Waals surface area contributed by atoms with Crippen molar-refractivity contribution in [3.05, 3.63) is 0 Å². The van der Waals surface area contributed by atoms with Crippen LogP contribution < -0.4 is 22.9 Å². The van der Waals surface area contributed by atoms with Crippen molar-refractivity contribution in [2.24, 2.45) is 33.8 Å². The standard InChI is InChI=1S/C17H36N4/c1-14(9-5-7-12(18)16(14,3)20)11-15(2)10-6-8-13(19)17(15,4)21/h12-13H,5-11,18-21H2,1-4H3.